The summed E-state index contributed by atoms with van der Waals surface area (Å²) in [5, 5.41) is 0.897. The lowest BCUT2D eigenvalue weighted by atomic mass is 10.1. The van der Waals surface area contributed by atoms with E-state index in [1.54, 1.807) is 0 Å². The third-order valence-electron chi connectivity index (χ3n) is 2.76. The Morgan fingerprint density at radius 3 is 2.93 bits per heavy atom. The first-order valence-corrected chi connectivity index (χ1v) is 5.66. The number of benzene rings is 1. The summed E-state index contributed by atoms with van der Waals surface area (Å²) in [6.45, 7) is 2.23. The number of hydrogen-bond donors (Lipinski definition) is 0. The van der Waals surface area contributed by atoms with Crippen LogP contribution in [-0.2, 0) is 6.42 Å². The summed E-state index contributed by atoms with van der Waals surface area (Å²) in [5.41, 5.74) is 4.18. The van der Waals surface area contributed by atoms with E-state index in [0.29, 0.717) is 0 Å². The third kappa shape index (κ3) is 1.85. The highest BCUT2D eigenvalue weighted by molar-refractivity contribution is 6.32. The molecule has 0 amide bonds. The van der Waals surface area contributed by atoms with Gasteiger partial charge in [-0.05, 0) is 36.5 Å². The first-order chi connectivity index (χ1) is 6.81. The first kappa shape index (κ1) is 9.79. The van der Waals surface area contributed by atoms with E-state index < -0.39 is 0 Å². The number of fused-ring (bicyclic) bond motifs is 1. The number of halogens is 1. The first-order valence-electron chi connectivity index (χ1n) is 5.28. The summed E-state index contributed by atoms with van der Waals surface area (Å²) in [6, 6.07) is 6.19. The highest BCUT2D eigenvalue weighted by Crippen LogP contribution is 2.32. The molecule has 0 N–H and O–H groups in total. The normalized spacial score (nSPS) is 14.0. The van der Waals surface area contributed by atoms with Gasteiger partial charge in [0.15, 0.2) is 0 Å². The maximum absolute atomic E-state index is 6.12. The molecule has 1 aliphatic carbocycles. The van der Waals surface area contributed by atoms with Crippen LogP contribution in [0.25, 0.3) is 6.08 Å². The van der Waals surface area contributed by atoms with E-state index >= 15 is 0 Å². The average Bonchev–Trinajstić information content (AvgIpc) is 2.59. The van der Waals surface area contributed by atoms with Crippen molar-refractivity contribution in [3.05, 3.63) is 39.9 Å². The van der Waals surface area contributed by atoms with Gasteiger partial charge >= 0.3 is 0 Å². The fourth-order valence-electron chi connectivity index (χ4n) is 1.96. The van der Waals surface area contributed by atoms with Gasteiger partial charge in [0, 0.05) is 5.02 Å². The SMILES string of the molecule is CCCCC1=Cc2c(Cl)cccc2C1. The van der Waals surface area contributed by atoms with Gasteiger partial charge < -0.3 is 0 Å². The zero-order chi connectivity index (χ0) is 9.97. The minimum atomic E-state index is 0.897. The molecule has 0 radical (unpaired) electrons. The summed E-state index contributed by atoms with van der Waals surface area (Å²) < 4.78 is 0. The van der Waals surface area contributed by atoms with E-state index in [0.717, 1.165) is 11.4 Å². The summed E-state index contributed by atoms with van der Waals surface area (Å²) in [5.74, 6) is 0. The molecule has 1 aliphatic rings. The van der Waals surface area contributed by atoms with Gasteiger partial charge in [0.1, 0.15) is 0 Å². The second-order valence-electron chi connectivity index (χ2n) is 3.90. The van der Waals surface area contributed by atoms with Crippen molar-refractivity contribution >= 4 is 17.7 Å². The van der Waals surface area contributed by atoms with Crippen molar-refractivity contribution in [2.45, 2.75) is 32.6 Å². The van der Waals surface area contributed by atoms with Gasteiger partial charge in [-0.3, -0.25) is 0 Å². The monoisotopic (exact) mass is 206 g/mol. The van der Waals surface area contributed by atoms with E-state index in [1.165, 1.54) is 36.0 Å². The zero-order valence-electron chi connectivity index (χ0n) is 8.52. The molecule has 0 nitrogen and oxygen atoms in total. The lowest BCUT2D eigenvalue weighted by Crippen LogP contribution is -1.85. The highest BCUT2D eigenvalue weighted by Gasteiger charge is 2.13. The predicted molar refractivity (Wildman–Crippen MR) is 62.7 cm³/mol. The van der Waals surface area contributed by atoms with Crippen molar-refractivity contribution in [3.8, 4) is 0 Å². The maximum atomic E-state index is 6.12. The molecule has 0 heterocycles. The van der Waals surface area contributed by atoms with Gasteiger partial charge in [-0.1, -0.05) is 48.7 Å². The number of rotatable bonds is 3. The Morgan fingerprint density at radius 2 is 2.21 bits per heavy atom. The second-order valence-corrected chi connectivity index (χ2v) is 4.30. The number of unbranched alkanes of at least 4 members (excludes halogenated alkanes) is 1. The molecule has 14 heavy (non-hydrogen) atoms. The van der Waals surface area contributed by atoms with Crippen molar-refractivity contribution in [3.63, 3.8) is 0 Å². The lowest BCUT2D eigenvalue weighted by Gasteiger charge is -2.00. The highest BCUT2D eigenvalue weighted by atomic mass is 35.5. The molecule has 0 atom stereocenters. The van der Waals surface area contributed by atoms with E-state index in [2.05, 4.69) is 19.1 Å². The maximum Gasteiger partial charge on any atom is 0.0481 e. The van der Waals surface area contributed by atoms with Crippen molar-refractivity contribution in [1.29, 1.82) is 0 Å². The molecule has 0 saturated carbocycles. The van der Waals surface area contributed by atoms with Crippen LogP contribution >= 0.6 is 11.6 Å². The summed E-state index contributed by atoms with van der Waals surface area (Å²) >= 11 is 6.12. The van der Waals surface area contributed by atoms with Crippen LogP contribution in [0.2, 0.25) is 5.02 Å². The summed E-state index contributed by atoms with van der Waals surface area (Å²) in [6.07, 6.45) is 7.16. The van der Waals surface area contributed by atoms with E-state index in [4.69, 9.17) is 11.6 Å². The zero-order valence-corrected chi connectivity index (χ0v) is 9.27. The standard InChI is InChI=1S/C13H15Cl/c1-2-3-5-10-8-11-6-4-7-13(14)12(11)9-10/h4,6-7,9H,2-3,5,8H2,1H3. The lowest BCUT2D eigenvalue weighted by molar-refractivity contribution is 0.779. The van der Waals surface area contributed by atoms with E-state index in [1.807, 2.05) is 12.1 Å². The van der Waals surface area contributed by atoms with Crippen LogP contribution in [-0.4, -0.2) is 0 Å². The van der Waals surface area contributed by atoms with Crippen LogP contribution in [0, 0.1) is 0 Å². The Balaban J connectivity index is 2.17. The predicted octanol–water partition coefficient (Wildman–Crippen LogP) is 4.47. The molecular formula is C13H15Cl. The minimum absolute atomic E-state index is 0.897. The molecule has 0 aliphatic heterocycles. The molecule has 0 bridgehead atoms. The Labute approximate surface area is 90.6 Å². The summed E-state index contributed by atoms with van der Waals surface area (Å²) in [7, 11) is 0. The molecule has 1 aromatic carbocycles. The van der Waals surface area contributed by atoms with Gasteiger partial charge in [0.2, 0.25) is 0 Å². The molecule has 1 aromatic rings. The van der Waals surface area contributed by atoms with Crippen molar-refractivity contribution in [1.82, 2.24) is 0 Å². The molecule has 0 spiro atoms. The Kier molecular flexibility index (Phi) is 2.93. The van der Waals surface area contributed by atoms with Crippen LogP contribution in [0.15, 0.2) is 23.8 Å². The fraction of sp³-hybridized carbons (Fsp3) is 0.385. The van der Waals surface area contributed by atoms with Crippen molar-refractivity contribution in [2.75, 3.05) is 0 Å². The Hall–Kier alpha value is -0.750. The average molecular weight is 207 g/mol. The van der Waals surface area contributed by atoms with Crippen LogP contribution in [0.3, 0.4) is 0 Å². The molecule has 0 saturated heterocycles. The molecular weight excluding hydrogens is 192 g/mol. The molecule has 0 aromatic heterocycles. The smallest absolute Gasteiger partial charge is 0.0481 e. The Bertz CT molecular complexity index is 363. The largest absolute Gasteiger partial charge is 0.0837 e. The van der Waals surface area contributed by atoms with E-state index in [-0.39, 0.29) is 0 Å². The van der Waals surface area contributed by atoms with Crippen LogP contribution in [0.4, 0.5) is 0 Å². The molecule has 2 rings (SSSR count). The van der Waals surface area contributed by atoms with Gasteiger partial charge in [0.25, 0.3) is 0 Å². The van der Waals surface area contributed by atoms with Gasteiger partial charge in [-0.2, -0.15) is 0 Å². The van der Waals surface area contributed by atoms with Crippen LogP contribution in [0.5, 0.6) is 0 Å². The Morgan fingerprint density at radius 1 is 1.36 bits per heavy atom. The molecule has 0 unspecified atom stereocenters. The third-order valence-corrected chi connectivity index (χ3v) is 3.09. The number of allylic oxidation sites excluding steroid dienone is 1. The molecule has 74 valence electrons. The quantitative estimate of drug-likeness (QED) is 0.685. The van der Waals surface area contributed by atoms with Crippen LogP contribution in [0.1, 0.15) is 37.3 Å². The van der Waals surface area contributed by atoms with Crippen molar-refractivity contribution in [2.24, 2.45) is 0 Å². The number of hydrogen-bond acceptors (Lipinski definition) is 0. The minimum Gasteiger partial charge on any atom is -0.0837 e. The molecule has 1 heteroatoms. The second kappa shape index (κ2) is 4.18. The van der Waals surface area contributed by atoms with Crippen molar-refractivity contribution < 1.29 is 0 Å². The summed E-state index contributed by atoms with van der Waals surface area (Å²) in [4.78, 5) is 0. The van der Waals surface area contributed by atoms with Gasteiger partial charge in [-0.25, -0.2) is 0 Å². The topological polar surface area (TPSA) is 0 Å². The molecule has 0 fully saturated rings. The fourth-order valence-corrected chi connectivity index (χ4v) is 2.21. The van der Waals surface area contributed by atoms with Gasteiger partial charge in [-0.15, -0.1) is 0 Å². The van der Waals surface area contributed by atoms with E-state index in [9.17, 15) is 0 Å². The van der Waals surface area contributed by atoms with Crippen LogP contribution < -0.4 is 0 Å². The van der Waals surface area contributed by atoms with Gasteiger partial charge in [0.05, 0.1) is 0 Å².